The predicted octanol–water partition coefficient (Wildman–Crippen LogP) is 3.81. The largest absolute Gasteiger partial charge is 0.505 e. The number of methoxy groups -OCH3 is 1. The number of carbonyl (C=O) groups excluding carboxylic acids is 3. The van der Waals surface area contributed by atoms with Crippen LogP contribution in [0.2, 0.25) is 0 Å². The van der Waals surface area contributed by atoms with E-state index in [1.54, 1.807) is 29.3 Å². The van der Waals surface area contributed by atoms with Gasteiger partial charge in [-0.05, 0) is 41.8 Å². The number of benzene rings is 2. The molecule has 0 saturated carbocycles. The first-order valence-electron chi connectivity index (χ1n) is 12.4. The lowest BCUT2D eigenvalue weighted by Gasteiger charge is -2.31. The quantitative estimate of drug-likeness (QED) is 0.341. The van der Waals surface area contributed by atoms with Crippen molar-refractivity contribution in [2.45, 2.75) is 38.7 Å². The van der Waals surface area contributed by atoms with Gasteiger partial charge in [-0.25, -0.2) is 9.18 Å². The summed E-state index contributed by atoms with van der Waals surface area (Å²) in [6.45, 7) is 2.68. The fraction of sp³-hybridized carbons (Fsp3) is 0.357. The Morgan fingerprint density at radius 1 is 1.13 bits per heavy atom. The number of esters is 1. The molecule has 0 unspecified atom stereocenters. The van der Waals surface area contributed by atoms with Crippen LogP contribution in [0.3, 0.4) is 0 Å². The number of pyridine rings is 1. The van der Waals surface area contributed by atoms with Crippen LogP contribution >= 0.6 is 0 Å². The number of amides is 2. The SMILES string of the molecule is COCCC(=O)Nc1cc(C(=O)OC2CCN(C(C)=O)CC2)c(O)c2ncc(Cc3ccc(F)cc3)cc12. The number of aromatic hydroxyl groups is 1. The van der Waals surface area contributed by atoms with Gasteiger partial charge in [0.05, 0.1) is 18.7 Å². The summed E-state index contributed by atoms with van der Waals surface area (Å²) in [5.41, 5.74) is 1.94. The minimum atomic E-state index is -0.741. The minimum absolute atomic E-state index is 0.0271. The van der Waals surface area contributed by atoms with E-state index in [-0.39, 0.29) is 47.5 Å². The molecule has 2 amide bonds. The summed E-state index contributed by atoms with van der Waals surface area (Å²) >= 11 is 0. The Hall–Kier alpha value is -4.05. The number of phenols is 1. The van der Waals surface area contributed by atoms with Crippen LogP contribution in [0.4, 0.5) is 10.1 Å². The molecule has 200 valence electrons. The summed E-state index contributed by atoms with van der Waals surface area (Å²) in [4.78, 5) is 43.3. The van der Waals surface area contributed by atoms with Gasteiger partial charge in [0.1, 0.15) is 23.0 Å². The highest BCUT2D eigenvalue weighted by Gasteiger charge is 2.27. The molecule has 2 heterocycles. The number of carbonyl (C=O) groups is 3. The zero-order chi connectivity index (χ0) is 27.2. The lowest BCUT2D eigenvalue weighted by Crippen LogP contribution is -2.40. The maximum atomic E-state index is 13.3. The van der Waals surface area contributed by atoms with Gasteiger partial charge in [0, 0.05) is 51.5 Å². The average Bonchev–Trinajstić information content (AvgIpc) is 2.90. The number of likely N-dealkylation sites (tertiary alicyclic amines) is 1. The second-order valence-corrected chi connectivity index (χ2v) is 9.26. The number of aromatic nitrogens is 1. The molecule has 2 aromatic carbocycles. The Morgan fingerprint density at radius 2 is 1.84 bits per heavy atom. The Bertz CT molecular complexity index is 1340. The van der Waals surface area contributed by atoms with E-state index >= 15 is 0 Å². The molecule has 1 aliphatic heterocycles. The van der Waals surface area contributed by atoms with E-state index in [0.717, 1.165) is 11.1 Å². The summed E-state index contributed by atoms with van der Waals surface area (Å²) in [6.07, 6.45) is 2.68. The average molecular weight is 524 g/mol. The van der Waals surface area contributed by atoms with Crippen LogP contribution < -0.4 is 5.32 Å². The molecule has 0 atom stereocenters. The molecule has 1 saturated heterocycles. The molecule has 2 N–H and O–H groups in total. The molecule has 0 radical (unpaired) electrons. The first-order valence-corrected chi connectivity index (χ1v) is 12.4. The van der Waals surface area contributed by atoms with Crippen LogP contribution in [0.25, 0.3) is 10.9 Å². The number of anilines is 1. The zero-order valence-corrected chi connectivity index (χ0v) is 21.3. The monoisotopic (exact) mass is 523 g/mol. The fourth-order valence-corrected chi connectivity index (χ4v) is 4.42. The van der Waals surface area contributed by atoms with Crippen molar-refractivity contribution in [3.63, 3.8) is 0 Å². The highest BCUT2D eigenvalue weighted by molar-refractivity contribution is 6.08. The van der Waals surface area contributed by atoms with Gasteiger partial charge < -0.3 is 24.8 Å². The summed E-state index contributed by atoms with van der Waals surface area (Å²) in [6, 6.07) is 9.25. The molecular formula is C28H30FN3O6. The van der Waals surface area contributed by atoms with Crippen molar-refractivity contribution in [1.29, 1.82) is 0 Å². The van der Waals surface area contributed by atoms with E-state index in [2.05, 4.69) is 10.3 Å². The van der Waals surface area contributed by atoms with Gasteiger partial charge in [-0.3, -0.25) is 14.6 Å². The number of piperidine rings is 1. The molecule has 10 heteroatoms. The molecule has 9 nitrogen and oxygen atoms in total. The molecule has 0 bridgehead atoms. The van der Waals surface area contributed by atoms with Gasteiger partial charge in [-0.2, -0.15) is 0 Å². The number of nitrogens with one attached hydrogen (secondary N) is 1. The van der Waals surface area contributed by atoms with Crippen LogP contribution in [-0.4, -0.2) is 65.7 Å². The van der Waals surface area contributed by atoms with E-state index < -0.39 is 12.1 Å². The van der Waals surface area contributed by atoms with Gasteiger partial charge in [0.2, 0.25) is 11.8 Å². The maximum Gasteiger partial charge on any atom is 0.342 e. The van der Waals surface area contributed by atoms with Crippen molar-refractivity contribution in [3.8, 4) is 5.75 Å². The molecule has 1 aliphatic rings. The summed E-state index contributed by atoms with van der Waals surface area (Å²) < 4.78 is 23.9. The smallest absolute Gasteiger partial charge is 0.342 e. The number of rotatable bonds is 8. The normalized spacial score (nSPS) is 13.9. The number of halogens is 1. The molecular weight excluding hydrogens is 493 g/mol. The van der Waals surface area contributed by atoms with Gasteiger partial charge in [0.15, 0.2) is 5.75 Å². The van der Waals surface area contributed by atoms with Gasteiger partial charge in [0.25, 0.3) is 0 Å². The first-order chi connectivity index (χ1) is 18.2. The van der Waals surface area contributed by atoms with E-state index in [1.165, 1.54) is 32.2 Å². The first kappa shape index (κ1) is 27.0. The van der Waals surface area contributed by atoms with Crippen molar-refractivity contribution in [2.75, 3.05) is 32.1 Å². The third kappa shape index (κ3) is 6.44. The predicted molar refractivity (Wildman–Crippen MR) is 138 cm³/mol. The Balaban J connectivity index is 1.64. The Morgan fingerprint density at radius 3 is 2.50 bits per heavy atom. The number of fused-ring (bicyclic) bond motifs is 1. The second-order valence-electron chi connectivity index (χ2n) is 9.26. The van der Waals surface area contributed by atoms with Crippen LogP contribution in [0.15, 0.2) is 42.6 Å². The number of ether oxygens (including phenoxy) is 2. The molecule has 1 aromatic heterocycles. The Labute approximate surface area is 219 Å². The van der Waals surface area contributed by atoms with Crippen molar-refractivity contribution >= 4 is 34.4 Å². The van der Waals surface area contributed by atoms with E-state index in [4.69, 9.17) is 9.47 Å². The highest BCUT2D eigenvalue weighted by Crippen LogP contribution is 2.35. The molecule has 0 spiro atoms. The second kappa shape index (κ2) is 12.0. The van der Waals surface area contributed by atoms with Crippen molar-refractivity contribution in [3.05, 3.63) is 65.1 Å². The van der Waals surface area contributed by atoms with Gasteiger partial charge >= 0.3 is 5.97 Å². The van der Waals surface area contributed by atoms with Crippen molar-refractivity contribution in [2.24, 2.45) is 0 Å². The third-order valence-corrected chi connectivity index (χ3v) is 6.51. The third-order valence-electron chi connectivity index (χ3n) is 6.51. The lowest BCUT2D eigenvalue weighted by atomic mass is 10.0. The molecule has 3 aromatic rings. The topological polar surface area (TPSA) is 118 Å². The standard InChI is InChI=1S/C28H30FN3O6/c1-17(33)32-10-7-21(8-11-32)38-28(36)23-15-24(31-25(34)9-12-37-2)22-14-19(16-30-26(22)27(23)35)13-18-3-5-20(29)6-4-18/h3-6,14-16,21,35H,7-13H2,1-2H3,(H,31,34). The van der Waals surface area contributed by atoms with E-state index in [0.29, 0.717) is 43.4 Å². The zero-order valence-electron chi connectivity index (χ0n) is 21.3. The number of hydrogen-bond donors (Lipinski definition) is 2. The van der Waals surface area contributed by atoms with Crippen LogP contribution in [-0.2, 0) is 25.5 Å². The summed E-state index contributed by atoms with van der Waals surface area (Å²) in [5.74, 6) is -1.79. The number of phenolic OH excluding ortho intramolecular Hbond substituents is 1. The summed E-state index contributed by atoms with van der Waals surface area (Å²) in [7, 11) is 1.49. The maximum absolute atomic E-state index is 13.3. The minimum Gasteiger partial charge on any atom is -0.505 e. The van der Waals surface area contributed by atoms with Crippen molar-refractivity contribution in [1.82, 2.24) is 9.88 Å². The molecule has 0 aliphatic carbocycles. The van der Waals surface area contributed by atoms with Gasteiger partial charge in [-0.1, -0.05) is 12.1 Å². The molecule has 38 heavy (non-hydrogen) atoms. The fourth-order valence-electron chi connectivity index (χ4n) is 4.42. The van der Waals surface area contributed by atoms with Crippen LogP contribution in [0, 0.1) is 5.82 Å². The molecule has 4 rings (SSSR count). The van der Waals surface area contributed by atoms with Crippen LogP contribution in [0.5, 0.6) is 5.75 Å². The highest BCUT2D eigenvalue weighted by atomic mass is 19.1. The summed E-state index contributed by atoms with van der Waals surface area (Å²) in [5, 5.41) is 14.2. The van der Waals surface area contributed by atoms with Crippen LogP contribution in [0.1, 0.15) is 47.7 Å². The number of hydrogen-bond acceptors (Lipinski definition) is 7. The lowest BCUT2D eigenvalue weighted by molar-refractivity contribution is -0.130. The van der Waals surface area contributed by atoms with Crippen molar-refractivity contribution < 1.29 is 33.4 Å². The van der Waals surface area contributed by atoms with E-state index in [1.807, 2.05) is 0 Å². The Kier molecular flexibility index (Phi) is 8.52. The number of nitrogens with zero attached hydrogens (tertiary/aromatic N) is 2. The molecule has 1 fully saturated rings. The van der Waals surface area contributed by atoms with Gasteiger partial charge in [-0.15, -0.1) is 0 Å². The van der Waals surface area contributed by atoms with E-state index in [9.17, 15) is 23.9 Å².